The summed E-state index contributed by atoms with van der Waals surface area (Å²) < 4.78 is 5.34. The maximum atomic E-state index is 12.3. The van der Waals surface area contributed by atoms with E-state index in [1.807, 2.05) is 62.4 Å². The third-order valence-corrected chi connectivity index (χ3v) is 3.75. The number of hydrogen-bond acceptors (Lipinski definition) is 4. The third kappa shape index (κ3) is 3.54. The number of hydrogen-bond donors (Lipinski definition) is 0. The highest BCUT2D eigenvalue weighted by Crippen LogP contribution is 2.20. The van der Waals surface area contributed by atoms with Gasteiger partial charge in [0.1, 0.15) is 11.5 Å². The van der Waals surface area contributed by atoms with Gasteiger partial charge in [-0.1, -0.05) is 35.5 Å². The molecule has 0 spiro atoms. The first-order valence-corrected chi connectivity index (χ1v) is 7.62. The van der Waals surface area contributed by atoms with Crippen LogP contribution < -0.4 is 0 Å². The summed E-state index contributed by atoms with van der Waals surface area (Å²) >= 11 is 0. The predicted molar refractivity (Wildman–Crippen MR) is 88.3 cm³/mol. The standard InChI is InChI=1S/C19H18N2O2/c1-13-8-10-17(14(2)20-13)19(22)11-9-16-12-18(21-23-16)15-6-4-3-5-7-15/h3-8,10,12H,9,11H2,1-2H3. The van der Waals surface area contributed by atoms with Gasteiger partial charge in [0.05, 0.1) is 0 Å². The molecule has 0 amide bonds. The largest absolute Gasteiger partial charge is 0.361 e. The van der Waals surface area contributed by atoms with E-state index in [0.29, 0.717) is 18.4 Å². The SMILES string of the molecule is Cc1ccc(C(=O)CCc2cc(-c3ccccc3)no2)c(C)n1. The van der Waals surface area contributed by atoms with Gasteiger partial charge in [0, 0.05) is 41.4 Å². The van der Waals surface area contributed by atoms with E-state index in [0.717, 1.165) is 28.4 Å². The molecule has 0 radical (unpaired) electrons. The summed E-state index contributed by atoms with van der Waals surface area (Å²) in [6.07, 6.45) is 0.918. The summed E-state index contributed by atoms with van der Waals surface area (Å²) in [4.78, 5) is 16.7. The van der Waals surface area contributed by atoms with Crippen molar-refractivity contribution in [1.82, 2.24) is 10.1 Å². The minimum Gasteiger partial charge on any atom is -0.361 e. The molecule has 0 atom stereocenters. The normalized spacial score (nSPS) is 10.7. The molecule has 2 heterocycles. The second-order valence-electron chi connectivity index (χ2n) is 5.55. The van der Waals surface area contributed by atoms with Crippen LogP contribution in [-0.2, 0) is 6.42 Å². The fourth-order valence-corrected chi connectivity index (χ4v) is 2.53. The summed E-state index contributed by atoms with van der Waals surface area (Å²) in [7, 11) is 0. The molecule has 0 bridgehead atoms. The van der Waals surface area contributed by atoms with Crippen molar-refractivity contribution < 1.29 is 9.32 Å². The molecule has 0 aliphatic rings. The molecule has 0 aliphatic carbocycles. The number of nitrogens with zero attached hydrogens (tertiary/aromatic N) is 2. The molecule has 0 N–H and O–H groups in total. The smallest absolute Gasteiger partial charge is 0.165 e. The molecule has 4 nitrogen and oxygen atoms in total. The van der Waals surface area contributed by atoms with Gasteiger partial charge >= 0.3 is 0 Å². The van der Waals surface area contributed by atoms with Crippen LogP contribution in [0.5, 0.6) is 0 Å². The van der Waals surface area contributed by atoms with Crippen molar-refractivity contribution in [3.05, 3.63) is 71.2 Å². The van der Waals surface area contributed by atoms with Gasteiger partial charge in [-0.05, 0) is 26.0 Å². The van der Waals surface area contributed by atoms with Crippen molar-refractivity contribution in [3.63, 3.8) is 0 Å². The van der Waals surface area contributed by atoms with Crippen molar-refractivity contribution >= 4 is 5.78 Å². The van der Waals surface area contributed by atoms with E-state index in [2.05, 4.69) is 10.1 Å². The molecule has 23 heavy (non-hydrogen) atoms. The molecular weight excluding hydrogens is 288 g/mol. The number of rotatable bonds is 5. The Morgan fingerprint density at radius 3 is 2.61 bits per heavy atom. The van der Waals surface area contributed by atoms with Gasteiger partial charge in [0.15, 0.2) is 5.78 Å². The quantitative estimate of drug-likeness (QED) is 0.664. The molecule has 0 saturated carbocycles. The fourth-order valence-electron chi connectivity index (χ4n) is 2.53. The highest BCUT2D eigenvalue weighted by atomic mass is 16.5. The van der Waals surface area contributed by atoms with Crippen molar-refractivity contribution in [2.75, 3.05) is 0 Å². The Balaban J connectivity index is 1.67. The van der Waals surface area contributed by atoms with Crippen LogP contribution in [0.3, 0.4) is 0 Å². The minimum atomic E-state index is 0.0765. The molecular formula is C19H18N2O2. The average molecular weight is 306 g/mol. The second-order valence-corrected chi connectivity index (χ2v) is 5.55. The molecule has 0 fully saturated rings. The zero-order chi connectivity index (χ0) is 16.2. The van der Waals surface area contributed by atoms with E-state index >= 15 is 0 Å². The average Bonchev–Trinajstić information content (AvgIpc) is 3.02. The Bertz CT molecular complexity index is 822. The maximum absolute atomic E-state index is 12.3. The molecule has 0 saturated heterocycles. The van der Waals surface area contributed by atoms with E-state index in [-0.39, 0.29) is 5.78 Å². The molecule has 4 heteroatoms. The van der Waals surface area contributed by atoms with Crippen molar-refractivity contribution in [1.29, 1.82) is 0 Å². The Labute approximate surface area is 135 Å². The highest BCUT2D eigenvalue weighted by Gasteiger charge is 2.13. The van der Waals surface area contributed by atoms with Crippen LogP contribution in [0.4, 0.5) is 0 Å². The van der Waals surface area contributed by atoms with Crippen LogP contribution in [0, 0.1) is 13.8 Å². The van der Waals surface area contributed by atoms with Crippen LogP contribution >= 0.6 is 0 Å². The number of carbonyl (C=O) groups excluding carboxylic acids is 1. The third-order valence-electron chi connectivity index (χ3n) is 3.75. The summed E-state index contributed by atoms with van der Waals surface area (Å²) in [5, 5.41) is 4.07. The summed E-state index contributed by atoms with van der Waals surface area (Å²) in [6.45, 7) is 3.78. The topological polar surface area (TPSA) is 56.0 Å². The van der Waals surface area contributed by atoms with Gasteiger partial charge in [-0.2, -0.15) is 0 Å². The van der Waals surface area contributed by atoms with Crippen molar-refractivity contribution in [2.24, 2.45) is 0 Å². The van der Waals surface area contributed by atoms with Gasteiger partial charge < -0.3 is 4.52 Å². The zero-order valence-electron chi connectivity index (χ0n) is 13.2. The molecule has 1 aromatic carbocycles. The number of ketones is 1. The summed E-state index contributed by atoms with van der Waals surface area (Å²) in [6, 6.07) is 15.4. The number of aromatic nitrogens is 2. The van der Waals surface area contributed by atoms with E-state index in [4.69, 9.17) is 4.52 Å². The lowest BCUT2D eigenvalue weighted by atomic mass is 10.0. The van der Waals surface area contributed by atoms with Crippen LogP contribution in [0.25, 0.3) is 11.3 Å². The minimum absolute atomic E-state index is 0.0765. The van der Waals surface area contributed by atoms with Crippen LogP contribution in [0.15, 0.2) is 53.1 Å². The Hall–Kier alpha value is -2.75. The molecule has 0 unspecified atom stereocenters. The first kappa shape index (κ1) is 15.2. The van der Waals surface area contributed by atoms with Crippen LogP contribution in [-0.4, -0.2) is 15.9 Å². The molecule has 3 rings (SSSR count). The van der Waals surface area contributed by atoms with E-state index in [9.17, 15) is 4.79 Å². The number of benzene rings is 1. The van der Waals surface area contributed by atoms with E-state index < -0.39 is 0 Å². The Morgan fingerprint density at radius 2 is 1.87 bits per heavy atom. The van der Waals surface area contributed by atoms with E-state index in [1.165, 1.54) is 0 Å². The van der Waals surface area contributed by atoms with Crippen LogP contribution in [0.1, 0.15) is 33.9 Å². The number of Topliss-reactive ketones (excluding diaryl/α,β-unsaturated/α-hetero) is 1. The first-order valence-electron chi connectivity index (χ1n) is 7.62. The van der Waals surface area contributed by atoms with Gasteiger partial charge in [0.25, 0.3) is 0 Å². The summed E-state index contributed by atoms with van der Waals surface area (Å²) in [5.41, 5.74) is 4.17. The van der Waals surface area contributed by atoms with Crippen LogP contribution in [0.2, 0.25) is 0 Å². The second kappa shape index (κ2) is 6.57. The number of aryl methyl sites for hydroxylation is 3. The first-order chi connectivity index (χ1) is 11.1. The predicted octanol–water partition coefficient (Wildman–Crippen LogP) is 4.17. The van der Waals surface area contributed by atoms with Gasteiger partial charge in [0.2, 0.25) is 0 Å². The lowest BCUT2D eigenvalue weighted by Crippen LogP contribution is -2.05. The maximum Gasteiger partial charge on any atom is 0.165 e. The number of carbonyl (C=O) groups is 1. The lowest BCUT2D eigenvalue weighted by molar-refractivity contribution is 0.0979. The number of pyridine rings is 1. The monoisotopic (exact) mass is 306 g/mol. The fraction of sp³-hybridized carbons (Fsp3) is 0.211. The molecule has 0 aliphatic heterocycles. The molecule has 2 aromatic heterocycles. The van der Waals surface area contributed by atoms with Crippen molar-refractivity contribution in [3.8, 4) is 11.3 Å². The van der Waals surface area contributed by atoms with Gasteiger partial charge in [-0.25, -0.2) is 0 Å². The molecule has 3 aromatic rings. The van der Waals surface area contributed by atoms with Gasteiger partial charge in [-0.15, -0.1) is 0 Å². The highest BCUT2D eigenvalue weighted by molar-refractivity contribution is 5.97. The van der Waals surface area contributed by atoms with Crippen molar-refractivity contribution in [2.45, 2.75) is 26.7 Å². The Morgan fingerprint density at radius 1 is 1.09 bits per heavy atom. The molecule has 116 valence electrons. The summed E-state index contributed by atoms with van der Waals surface area (Å²) in [5.74, 6) is 0.794. The Kier molecular flexibility index (Phi) is 4.33. The lowest BCUT2D eigenvalue weighted by Gasteiger charge is -2.04. The van der Waals surface area contributed by atoms with E-state index in [1.54, 1.807) is 0 Å². The van der Waals surface area contributed by atoms with Gasteiger partial charge in [-0.3, -0.25) is 9.78 Å². The zero-order valence-corrected chi connectivity index (χ0v) is 13.2.